The molecule has 0 aromatic heterocycles. The molecule has 5 nitrogen and oxygen atoms in total. The molecule has 0 aromatic rings. The van der Waals surface area contributed by atoms with Crippen molar-refractivity contribution in [3.8, 4) is 0 Å². The van der Waals surface area contributed by atoms with E-state index in [1.54, 1.807) is 0 Å². The Hall–Kier alpha value is -1.26. The SMILES string of the molecule is CCCCC1CCC(C(=O)NCC2CCN(C(=O)NC(C)(C)C)CC2)CC1. The Balaban J connectivity index is 1.62. The topological polar surface area (TPSA) is 61.4 Å². The number of urea groups is 1. The minimum absolute atomic E-state index is 0.0322. The molecule has 0 unspecified atom stereocenters. The minimum atomic E-state index is -0.197. The van der Waals surface area contributed by atoms with Crippen LogP contribution >= 0.6 is 0 Å². The summed E-state index contributed by atoms with van der Waals surface area (Å²) in [6.45, 7) is 10.6. The number of hydrogen-bond donors (Lipinski definition) is 2. The van der Waals surface area contributed by atoms with E-state index >= 15 is 0 Å². The summed E-state index contributed by atoms with van der Waals surface area (Å²) in [7, 11) is 0. The van der Waals surface area contributed by atoms with Crippen molar-refractivity contribution in [1.29, 1.82) is 0 Å². The maximum absolute atomic E-state index is 12.5. The van der Waals surface area contributed by atoms with Crippen LogP contribution < -0.4 is 10.6 Å². The third kappa shape index (κ3) is 7.71. The average Bonchev–Trinajstić information content (AvgIpc) is 2.64. The van der Waals surface area contributed by atoms with Crippen molar-refractivity contribution in [2.24, 2.45) is 17.8 Å². The maximum atomic E-state index is 12.5. The van der Waals surface area contributed by atoms with Crippen molar-refractivity contribution in [2.75, 3.05) is 19.6 Å². The summed E-state index contributed by atoms with van der Waals surface area (Å²) in [5.41, 5.74) is -0.197. The van der Waals surface area contributed by atoms with Crippen LogP contribution in [0.15, 0.2) is 0 Å². The van der Waals surface area contributed by atoms with Crippen molar-refractivity contribution in [2.45, 2.75) is 91.0 Å². The molecule has 2 rings (SSSR count). The zero-order valence-corrected chi connectivity index (χ0v) is 18.0. The lowest BCUT2D eigenvalue weighted by atomic mass is 9.79. The molecule has 3 amide bonds. The first-order chi connectivity index (χ1) is 12.8. The molecule has 2 aliphatic rings. The number of hydrogen-bond acceptors (Lipinski definition) is 2. The molecular formula is C22H41N3O2. The number of carbonyl (C=O) groups excluding carboxylic acids is 2. The number of nitrogens with one attached hydrogen (secondary N) is 2. The fourth-order valence-corrected chi connectivity index (χ4v) is 4.34. The van der Waals surface area contributed by atoms with Crippen LogP contribution in [0.2, 0.25) is 0 Å². The van der Waals surface area contributed by atoms with Gasteiger partial charge in [0.05, 0.1) is 0 Å². The summed E-state index contributed by atoms with van der Waals surface area (Å²) in [4.78, 5) is 26.6. The maximum Gasteiger partial charge on any atom is 0.317 e. The molecule has 0 aromatic carbocycles. The molecule has 1 saturated heterocycles. The zero-order chi connectivity index (χ0) is 19.9. The molecule has 0 bridgehead atoms. The van der Waals surface area contributed by atoms with E-state index < -0.39 is 0 Å². The van der Waals surface area contributed by atoms with Crippen molar-refractivity contribution in [1.82, 2.24) is 15.5 Å². The first-order valence-corrected chi connectivity index (χ1v) is 11.1. The minimum Gasteiger partial charge on any atom is -0.356 e. The van der Waals surface area contributed by atoms with Gasteiger partial charge in [-0.2, -0.15) is 0 Å². The number of piperidine rings is 1. The Bertz CT molecular complexity index is 470. The number of amides is 3. The van der Waals surface area contributed by atoms with Crippen LogP contribution in [0.5, 0.6) is 0 Å². The summed E-state index contributed by atoms with van der Waals surface area (Å²) in [6, 6.07) is 0.0322. The molecule has 0 atom stereocenters. The molecule has 2 fully saturated rings. The van der Waals surface area contributed by atoms with Gasteiger partial charge in [0, 0.05) is 31.1 Å². The number of carbonyl (C=O) groups is 2. The Labute approximate surface area is 166 Å². The van der Waals surface area contributed by atoms with Crippen molar-refractivity contribution in [3.05, 3.63) is 0 Å². The van der Waals surface area contributed by atoms with E-state index in [1.165, 1.54) is 32.1 Å². The van der Waals surface area contributed by atoms with Gasteiger partial charge in [-0.1, -0.05) is 26.2 Å². The molecule has 1 aliphatic heterocycles. The fraction of sp³-hybridized carbons (Fsp3) is 0.909. The average molecular weight is 380 g/mol. The van der Waals surface area contributed by atoms with Crippen LogP contribution in [0, 0.1) is 17.8 Å². The van der Waals surface area contributed by atoms with Crippen LogP contribution in [0.1, 0.15) is 85.5 Å². The number of unbranched alkanes of at least 4 members (excludes halogenated alkanes) is 1. The lowest BCUT2D eigenvalue weighted by molar-refractivity contribution is -0.126. The smallest absolute Gasteiger partial charge is 0.317 e. The molecule has 156 valence electrons. The van der Waals surface area contributed by atoms with Gasteiger partial charge < -0.3 is 15.5 Å². The highest BCUT2D eigenvalue weighted by Gasteiger charge is 2.28. The lowest BCUT2D eigenvalue weighted by Crippen LogP contribution is -2.51. The second-order valence-electron chi connectivity index (χ2n) is 9.72. The van der Waals surface area contributed by atoms with Crippen LogP contribution in [0.25, 0.3) is 0 Å². The molecule has 1 saturated carbocycles. The van der Waals surface area contributed by atoms with E-state index in [9.17, 15) is 9.59 Å². The van der Waals surface area contributed by atoms with Crippen molar-refractivity contribution < 1.29 is 9.59 Å². The third-order valence-electron chi connectivity index (χ3n) is 6.13. The van der Waals surface area contributed by atoms with Crippen LogP contribution in [-0.2, 0) is 4.79 Å². The van der Waals surface area contributed by atoms with E-state index in [-0.39, 0.29) is 23.4 Å². The van der Waals surface area contributed by atoms with Gasteiger partial charge in [-0.15, -0.1) is 0 Å². The van der Waals surface area contributed by atoms with Gasteiger partial charge >= 0.3 is 6.03 Å². The Morgan fingerprint density at radius 3 is 2.15 bits per heavy atom. The first kappa shape index (κ1) is 22.0. The van der Waals surface area contributed by atoms with Crippen LogP contribution in [0.4, 0.5) is 4.79 Å². The third-order valence-corrected chi connectivity index (χ3v) is 6.13. The van der Waals surface area contributed by atoms with Gasteiger partial charge in [0.25, 0.3) is 0 Å². The Morgan fingerprint density at radius 2 is 1.59 bits per heavy atom. The molecule has 27 heavy (non-hydrogen) atoms. The standard InChI is InChI=1S/C22H41N3O2/c1-5-6-7-17-8-10-19(11-9-17)20(26)23-16-18-12-14-25(15-13-18)21(27)24-22(2,3)4/h17-19H,5-16H2,1-4H3,(H,23,26)(H,24,27). The lowest BCUT2D eigenvalue weighted by Gasteiger charge is -2.34. The van der Waals surface area contributed by atoms with Gasteiger partial charge in [-0.25, -0.2) is 4.79 Å². The van der Waals surface area contributed by atoms with Gasteiger partial charge in [-0.3, -0.25) is 4.79 Å². The molecule has 5 heteroatoms. The van der Waals surface area contributed by atoms with Gasteiger partial charge in [-0.05, 0) is 71.1 Å². The van der Waals surface area contributed by atoms with E-state index in [2.05, 4.69) is 17.6 Å². The van der Waals surface area contributed by atoms with Crippen molar-refractivity contribution >= 4 is 11.9 Å². The second-order valence-corrected chi connectivity index (χ2v) is 9.72. The Kier molecular flexibility index (Phi) is 8.43. The van der Waals surface area contributed by atoms with Gasteiger partial charge in [0.2, 0.25) is 5.91 Å². The van der Waals surface area contributed by atoms with E-state index in [4.69, 9.17) is 0 Å². The quantitative estimate of drug-likeness (QED) is 0.722. The summed E-state index contributed by atoms with van der Waals surface area (Å²) in [6.07, 6.45) is 10.5. The molecule has 0 spiro atoms. The highest BCUT2D eigenvalue weighted by Crippen LogP contribution is 2.32. The van der Waals surface area contributed by atoms with E-state index in [0.717, 1.165) is 51.2 Å². The normalized spacial score (nSPS) is 24.5. The summed E-state index contributed by atoms with van der Waals surface area (Å²) < 4.78 is 0. The predicted octanol–water partition coefficient (Wildman–Crippen LogP) is 4.32. The highest BCUT2D eigenvalue weighted by atomic mass is 16.2. The summed E-state index contributed by atoms with van der Waals surface area (Å²) >= 11 is 0. The fourth-order valence-electron chi connectivity index (χ4n) is 4.34. The van der Waals surface area contributed by atoms with Crippen LogP contribution in [0.3, 0.4) is 0 Å². The number of rotatable bonds is 6. The summed E-state index contributed by atoms with van der Waals surface area (Å²) in [5.74, 6) is 1.82. The van der Waals surface area contributed by atoms with Gasteiger partial charge in [0.1, 0.15) is 0 Å². The predicted molar refractivity (Wildman–Crippen MR) is 111 cm³/mol. The molecular weight excluding hydrogens is 338 g/mol. The second kappa shape index (κ2) is 10.3. The molecule has 1 aliphatic carbocycles. The Morgan fingerprint density at radius 1 is 0.963 bits per heavy atom. The monoisotopic (exact) mass is 379 g/mol. The van der Waals surface area contributed by atoms with E-state index in [1.807, 2.05) is 25.7 Å². The highest BCUT2D eigenvalue weighted by molar-refractivity contribution is 5.78. The molecule has 0 radical (unpaired) electrons. The van der Waals surface area contributed by atoms with Crippen LogP contribution in [-0.4, -0.2) is 42.0 Å². The largest absolute Gasteiger partial charge is 0.356 e. The molecule has 2 N–H and O–H groups in total. The number of likely N-dealkylation sites (tertiary alicyclic amines) is 1. The number of nitrogens with zero attached hydrogens (tertiary/aromatic N) is 1. The molecule has 1 heterocycles. The zero-order valence-electron chi connectivity index (χ0n) is 18.0. The van der Waals surface area contributed by atoms with Crippen molar-refractivity contribution in [3.63, 3.8) is 0 Å². The first-order valence-electron chi connectivity index (χ1n) is 11.1. The van der Waals surface area contributed by atoms with Gasteiger partial charge in [0.15, 0.2) is 0 Å². The van der Waals surface area contributed by atoms with E-state index in [0.29, 0.717) is 5.92 Å². The summed E-state index contributed by atoms with van der Waals surface area (Å²) in [5, 5.41) is 6.23.